The van der Waals surface area contributed by atoms with Crippen molar-refractivity contribution in [3.05, 3.63) is 0 Å². The molecule has 1 N–H and O–H groups in total. The lowest BCUT2D eigenvalue weighted by Gasteiger charge is -2.61. The van der Waals surface area contributed by atoms with Gasteiger partial charge in [0.15, 0.2) is 0 Å². The summed E-state index contributed by atoms with van der Waals surface area (Å²) >= 11 is 0. The molecule has 0 amide bonds. The third-order valence-electron chi connectivity index (χ3n) is 10.9. The summed E-state index contributed by atoms with van der Waals surface area (Å²) in [7, 11) is 0. The SMILES string of the molecule is [2H]C([2H])([2H])C([2H])(C(C)CC[C@@H](C)[C@H]1CC[C@H]2[C@@H]3CC[C@H]4C[C@@H](O)CC[C@]4(C)[C@H]3CC[C@]12C)C([2H])([2H])[2H]. The average molecular weight is 410 g/mol. The van der Waals surface area contributed by atoms with Crippen LogP contribution in [-0.2, 0) is 0 Å². The van der Waals surface area contributed by atoms with Gasteiger partial charge in [-0.05, 0) is 116 Å². The molecule has 4 saturated carbocycles. The smallest absolute Gasteiger partial charge is 0.0543 e. The topological polar surface area (TPSA) is 20.2 Å². The lowest BCUT2D eigenvalue weighted by Crippen LogP contribution is -2.54. The Morgan fingerprint density at radius 2 is 1.66 bits per heavy atom. The van der Waals surface area contributed by atoms with Gasteiger partial charge in [-0.1, -0.05) is 54.2 Å². The molecule has 1 heteroatoms. The van der Waals surface area contributed by atoms with E-state index in [1.54, 1.807) is 6.92 Å². The van der Waals surface area contributed by atoms with Crippen molar-refractivity contribution in [1.29, 1.82) is 0 Å². The molecule has 4 rings (SSSR count). The van der Waals surface area contributed by atoms with Crippen molar-refractivity contribution in [3.63, 3.8) is 0 Å². The molecule has 0 radical (unpaired) electrons. The summed E-state index contributed by atoms with van der Waals surface area (Å²) in [6.07, 6.45) is 11.8. The van der Waals surface area contributed by atoms with Gasteiger partial charge in [0.25, 0.3) is 0 Å². The van der Waals surface area contributed by atoms with Gasteiger partial charge in [-0.15, -0.1) is 0 Å². The first kappa shape index (κ1) is 14.9. The molecule has 0 saturated heterocycles. The summed E-state index contributed by atoms with van der Waals surface area (Å²) in [4.78, 5) is 0. The zero-order chi connectivity index (χ0) is 26.9. The molecular formula is C28H50O. The van der Waals surface area contributed by atoms with Crippen molar-refractivity contribution in [2.45, 2.75) is 118 Å². The molecule has 0 aromatic carbocycles. The zero-order valence-electron chi connectivity index (χ0n) is 26.3. The summed E-state index contributed by atoms with van der Waals surface area (Å²) in [6.45, 7) is 3.31. The van der Waals surface area contributed by atoms with Crippen LogP contribution in [0.3, 0.4) is 0 Å². The fourth-order valence-corrected chi connectivity index (χ4v) is 9.07. The van der Waals surface area contributed by atoms with Crippen molar-refractivity contribution < 1.29 is 14.7 Å². The molecule has 10 atom stereocenters. The van der Waals surface area contributed by atoms with E-state index < -0.39 is 25.5 Å². The number of fused-ring (bicyclic) bond motifs is 5. The fraction of sp³-hybridized carbons (Fsp3) is 1.00. The first-order chi connectivity index (χ1) is 16.5. The third-order valence-corrected chi connectivity index (χ3v) is 10.9. The van der Waals surface area contributed by atoms with E-state index in [0.29, 0.717) is 35.0 Å². The second-order valence-corrected chi connectivity index (χ2v) is 12.2. The lowest BCUT2D eigenvalue weighted by molar-refractivity contribution is -0.129. The first-order valence-corrected chi connectivity index (χ1v) is 12.6. The maximum absolute atomic E-state index is 10.3. The molecule has 168 valence electrons. The maximum atomic E-state index is 10.3. The Morgan fingerprint density at radius 3 is 2.41 bits per heavy atom. The molecule has 29 heavy (non-hydrogen) atoms. The van der Waals surface area contributed by atoms with Gasteiger partial charge in [-0.2, -0.15) is 0 Å². The molecule has 4 fully saturated rings. The van der Waals surface area contributed by atoms with E-state index in [9.17, 15) is 5.11 Å². The van der Waals surface area contributed by atoms with Crippen LogP contribution >= 0.6 is 0 Å². The minimum atomic E-state index is -2.84. The standard InChI is InChI=1S/C28H50O/c1-18(2)19(3)7-8-20(4)24-11-12-25-23-10-9-21-17-22(29)13-15-27(21,5)26(23)14-16-28(24,25)6/h18-26,29H,7-17H2,1-6H3/t19?,20-,21+,22+,23+,24-,25+,26+,27+,28-/m1/s1/i1D3,2D3,18D. The minimum absolute atomic E-state index is 0.106. The summed E-state index contributed by atoms with van der Waals surface area (Å²) in [5.74, 6) is 0.793. The summed E-state index contributed by atoms with van der Waals surface area (Å²) in [6, 6.07) is 0. The molecule has 0 aromatic heterocycles. The molecule has 4 aliphatic carbocycles. The molecule has 1 nitrogen and oxygen atoms in total. The normalized spacial score (nSPS) is 54.0. The van der Waals surface area contributed by atoms with Crippen LogP contribution in [0.5, 0.6) is 0 Å². The van der Waals surface area contributed by atoms with Crippen LogP contribution in [0.15, 0.2) is 0 Å². The van der Waals surface area contributed by atoms with Crippen LogP contribution in [0.2, 0.25) is 0 Å². The number of hydrogen-bond acceptors (Lipinski definition) is 1. The molecule has 4 aliphatic rings. The number of aliphatic hydroxyl groups is 1. The minimum Gasteiger partial charge on any atom is -0.393 e. The van der Waals surface area contributed by atoms with Crippen molar-refractivity contribution in [2.75, 3.05) is 0 Å². The lowest BCUT2D eigenvalue weighted by atomic mass is 9.44. The Morgan fingerprint density at radius 1 is 0.931 bits per heavy atom. The third kappa shape index (κ3) is 3.74. The van der Waals surface area contributed by atoms with Gasteiger partial charge in [-0.25, -0.2) is 0 Å². The number of aliphatic hydroxyl groups excluding tert-OH is 1. The predicted molar refractivity (Wildman–Crippen MR) is 124 cm³/mol. The molecule has 1 unspecified atom stereocenters. The highest BCUT2D eigenvalue weighted by molar-refractivity contribution is 5.09. The van der Waals surface area contributed by atoms with Crippen LogP contribution in [0, 0.1) is 58.1 Å². The van der Waals surface area contributed by atoms with Gasteiger partial charge in [-0.3, -0.25) is 0 Å². The van der Waals surface area contributed by atoms with Gasteiger partial charge in [0, 0.05) is 9.60 Å². The monoisotopic (exact) mass is 409 g/mol. The van der Waals surface area contributed by atoms with Crippen LogP contribution in [0.1, 0.15) is 122 Å². The zero-order valence-corrected chi connectivity index (χ0v) is 19.3. The predicted octanol–water partition coefficient (Wildman–Crippen LogP) is 7.71. The van der Waals surface area contributed by atoms with Crippen molar-refractivity contribution in [1.82, 2.24) is 0 Å². The first-order valence-electron chi connectivity index (χ1n) is 16.1. The second kappa shape index (κ2) is 8.14. The van der Waals surface area contributed by atoms with Crippen molar-refractivity contribution >= 4 is 0 Å². The van der Waals surface area contributed by atoms with Crippen LogP contribution < -0.4 is 0 Å². The highest BCUT2D eigenvalue weighted by Gasteiger charge is 2.60. The molecule has 0 heterocycles. The van der Waals surface area contributed by atoms with E-state index in [2.05, 4.69) is 20.8 Å². The van der Waals surface area contributed by atoms with Crippen molar-refractivity contribution in [3.8, 4) is 0 Å². The maximum Gasteiger partial charge on any atom is 0.0543 e. The largest absolute Gasteiger partial charge is 0.393 e. The fourth-order valence-electron chi connectivity index (χ4n) is 9.07. The average Bonchev–Trinajstić information content (AvgIpc) is 3.12. The van der Waals surface area contributed by atoms with Crippen molar-refractivity contribution in [2.24, 2.45) is 58.1 Å². The summed E-state index contributed by atoms with van der Waals surface area (Å²) < 4.78 is 55.5. The Bertz CT molecular complexity index is 780. The Labute approximate surface area is 191 Å². The molecule has 0 bridgehead atoms. The van der Waals surface area contributed by atoms with Gasteiger partial charge in [0.2, 0.25) is 0 Å². The summed E-state index contributed by atoms with van der Waals surface area (Å²) in [5, 5.41) is 10.3. The Kier molecular flexibility index (Phi) is 4.19. The Hall–Kier alpha value is -0.0400. The highest BCUT2D eigenvalue weighted by atomic mass is 16.3. The van der Waals surface area contributed by atoms with Gasteiger partial charge in [0.1, 0.15) is 0 Å². The van der Waals surface area contributed by atoms with Gasteiger partial charge in [0.05, 0.1) is 6.10 Å². The summed E-state index contributed by atoms with van der Waals surface area (Å²) in [5.41, 5.74) is 0.678. The van der Waals surface area contributed by atoms with Gasteiger partial charge < -0.3 is 5.11 Å². The van der Waals surface area contributed by atoms with E-state index in [1.165, 1.54) is 44.9 Å². The molecule has 0 aliphatic heterocycles. The molecule has 0 spiro atoms. The molecule has 0 aromatic rings. The quantitative estimate of drug-likeness (QED) is 0.493. The van der Waals surface area contributed by atoms with Crippen LogP contribution in [0.25, 0.3) is 0 Å². The van der Waals surface area contributed by atoms with E-state index in [1.807, 2.05) is 0 Å². The second-order valence-electron chi connectivity index (χ2n) is 12.2. The van der Waals surface area contributed by atoms with Gasteiger partial charge >= 0.3 is 0 Å². The number of rotatable bonds is 5. The van der Waals surface area contributed by atoms with E-state index >= 15 is 0 Å². The van der Waals surface area contributed by atoms with Crippen LogP contribution in [0.4, 0.5) is 0 Å². The van der Waals surface area contributed by atoms with E-state index in [0.717, 1.165) is 37.0 Å². The van der Waals surface area contributed by atoms with E-state index in [-0.39, 0.29) is 6.10 Å². The highest BCUT2D eigenvalue weighted by Crippen LogP contribution is 2.68. The van der Waals surface area contributed by atoms with E-state index in [4.69, 9.17) is 9.60 Å². The number of hydrogen-bond donors (Lipinski definition) is 1. The Balaban J connectivity index is 1.44. The molecular weight excluding hydrogens is 352 g/mol. The van der Waals surface area contributed by atoms with Crippen LogP contribution in [-0.4, -0.2) is 11.2 Å².